The summed E-state index contributed by atoms with van der Waals surface area (Å²) in [7, 11) is 0. The van der Waals surface area contributed by atoms with E-state index in [9.17, 15) is 4.79 Å². The maximum absolute atomic E-state index is 11.0. The van der Waals surface area contributed by atoms with Gasteiger partial charge < -0.3 is 5.73 Å². The van der Waals surface area contributed by atoms with Gasteiger partial charge in [-0.25, -0.2) is 0 Å². The number of benzene rings is 2. The van der Waals surface area contributed by atoms with Crippen LogP contribution in [0.25, 0.3) is 0 Å². The van der Waals surface area contributed by atoms with Gasteiger partial charge in [0.1, 0.15) is 0 Å². The van der Waals surface area contributed by atoms with Gasteiger partial charge in [0.15, 0.2) is 0 Å². The van der Waals surface area contributed by atoms with E-state index in [0.717, 1.165) is 18.6 Å². The SMILES string of the molecule is CC(CCc1ccc(C(N)=O)cc1)=NC(C)c1ccccc1. The van der Waals surface area contributed by atoms with Crippen LogP contribution in [0.5, 0.6) is 0 Å². The van der Waals surface area contributed by atoms with Crippen LogP contribution in [0.2, 0.25) is 0 Å². The van der Waals surface area contributed by atoms with Gasteiger partial charge in [0, 0.05) is 11.3 Å². The lowest BCUT2D eigenvalue weighted by Gasteiger charge is -2.09. The third-order valence-electron chi connectivity index (χ3n) is 3.71. The molecule has 0 bridgehead atoms. The van der Waals surface area contributed by atoms with Gasteiger partial charge in [0.2, 0.25) is 5.91 Å². The highest BCUT2D eigenvalue weighted by molar-refractivity contribution is 5.92. The second kappa shape index (κ2) is 7.55. The van der Waals surface area contributed by atoms with E-state index >= 15 is 0 Å². The maximum Gasteiger partial charge on any atom is 0.248 e. The summed E-state index contributed by atoms with van der Waals surface area (Å²) in [4.78, 5) is 15.8. The Morgan fingerprint density at radius 1 is 1.09 bits per heavy atom. The third-order valence-corrected chi connectivity index (χ3v) is 3.71. The Hall–Kier alpha value is -2.42. The molecular weight excluding hydrogens is 272 g/mol. The van der Waals surface area contributed by atoms with Crippen molar-refractivity contribution in [2.75, 3.05) is 0 Å². The van der Waals surface area contributed by atoms with E-state index in [1.807, 2.05) is 30.3 Å². The van der Waals surface area contributed by atoms with Crippen molar-refractivity contribution in [2.45, 2.75) is 32.7 Å². The van der Waals surface area contributed by atoms with Crippen LogP contribution in [-0.4, -0.2) is 11.6 Å². The Labute approximate surface area is 131 Å². The molecule has 0 aliphatic carbocycles. The van der Waals surface area contributed by atoms with Crippen LogP contribution < -0.4 is 5.73 Å². The number of nitrogens with two attached hydrogens (primary N) is 1. The summed E-state index contributed by atoms with van der Waals surface area (Å²) >= 11 is 0. The van der Waals surface area contributed by atoms with Gasteiger partial charge >= 0.3 is 0 Å². The quantitative estimate of drug-likeness (QED) is 0.806. The summed E-state index contributed by atoms with van der Waals surface area (Å²) in [5.74, 6) is -0.388. The topological polar surface area (TPSA) is 55.5 Å². The molecule has 1 amide bonds. The number of carbonyl (C=O) groups excluding carboxylic acids is 1. The van der Waals surface area contributed by atoms with Crippen LogP contribution >= 0.6 is 0 Å². The Bertz CT molecular complexity index is 645. The Morgan fingerprint density at radius 2 is 1.73 bits per heavy atom. The Kier molecular flexibility index (Phi) is 5.48. The fraction of sp³-hybridized carbons (Fsp3) is 0.263. The van der Waals surface area contributed by atoms with Gasteiger partial charge in [-0.1, -0.05) is 42.5 Å². The molecule has 2 N–H and O–H groups in total. The highest BCUT2D eigenvalue weighted by Gasteiger charge is 2.04. The zero-order valence-electron chi connectivity index (χ0n) is 13.1. The summed E-state index contributed by atoms with van der Waals surface area (Å²) in [6.45, 7) is 4.18. The van der Waals surface area contributed by atoms with Crippen LogP contribution in [0, 0.1) is 0 Å². The fourth-order valence-corrected chi connectivity index (χ4v) is 2.36. The minimum absolute atomic E-state index is 0.179. The number of aliphatic imine (C=N–C) groups is 1. The van der Waals surface area contributed by atoms with Crippen molar-refractivity contribution in [3.63, 3.8) is 0 Å². The highest BCUT2D eigenvalue weighted by atomic mass is 16.1. The van der Waals surface area contributed by atoms with Crippen molar-refractivity contribution in [1.29, 1.82) is 0 Å². The van der Waals surface area contributed by atoms with Crippen LogP contribution in [0.1, 0.15) is 47.8 Å². The number of hydrogen-bond donors (Lipinski definition) is 1. The molecule has 114 valence electrons. The molecule has 0 saturated heterocycles. The number of rotatable bonds is 6. The number of nitrogens with zero attached hydrogens (tertiary/aromatic N) is 1. The second-order valence-electron chi connectivity index (χ2n) is 5.51. The zero-order chi connectivity index (χ0) is 15.9. The van der Waals surface area contributed by atoms with Crippen molar-refractivity contribution in [3.8, 4) is 0 Å². The van der Waals surface area contributed by atoms with Gasteiger partial charge in [-0.2, -0.15) is 0 Å². The van der Waals surface area contributed by atoms with Crippen molar-refractivity contribution >= 4 is 11.6 Å². The number of hydrogen-bond acceptors (Lipinski definition) is 2. The van der Waals surface area contributed by atoms with E-state index < -0.39 is 0 Å². The van der Waals surface area contributed by atoms with Gasteiger partial charge in [-0.15, -0.1) is 0 Å². The molecule has 3 nitrogen and oxygen atoms in total. The summed E-state index contributed by atoms with van der Waals surface area (Å²) < 4.78 is 0. The lowest BCUT2D eigenvalue weighted by atomic mass is 10.0. The molecule has 1 unspecified atom stereocenters. The standard InChI is InChI=1S/C19H22N2O/c1-14(21-15(2)17-6-4-3-5-7-17)8-9-16-10-12-18(13-11-16)19(20)22/h3-7,10-13,15H,8-9H2,1-2H3,(H2,20,22). The molecule has 0 spiro atoms. The summed E-state index contributed by atoms with van der Waals surface area (Å²) in [6.07, 6.45) is 1.82. The largest absolute Gasteiger partial charge is 0.366 e. The summed E-state index contributed by atoms with van der Waals surface area (Å²) in [5.41, 5.74) is 9.34. The predicted molar refractivity (Wildman–Crippen MR) is 91.2 cm³/mol. The minimum atomic E-state index is -0.388. The van der Waals surface area contributed by atoms with E-state index in [2.05, 4.69) is 26.0 Å². The lowest BCUT2D eigenvalue weighted by molar-refractivity contribution is 0.100. The average molecular weight is 294 g/mol. The summed E-state index contributed by atoms with van der Waals surface area (Å²) in [6, 6.07) is 17.9. The molecule has 0 radical (unpaired) electrons. The number of carbonyl (C=O) groups is 1. The Morgan fingerprint density at radius 3 is 2.32 bits per heavy atom. The molecule has 0 aromatic heterocycles. The first-order valence-electron chi connectivity index (χ1n) is 7.53. The van der Waals surface area contributed by atoms with Crippen LogP contribution in [0.3, 0.4) is 0 Å². The molecule has 0 fully saturated rings. The molecule has 2 rings (SSSR count). The van der Waals surface area contributed by atoms with Gasteiger partial charge in [0.05, 0.1) is 6.04 Å². The van der Waals surface area contributed by atoms with E-state index in [4.69, 9.17) is 10.7 Å². The first kappa shape index (κ1) is 16.0. The lowest BCUT2D eigenvalue weighted by Crippen LogP contribution is -2.10. The molecular formula is C19H22N2O. The Balaban J connectivity index is 1.93. The van der Waals surface area contributed by atoms with Crippen molar-refractivity contribution < 1.29 is 4.79 Å². The fourth-order valence-electron chi connectivity index (χ4n) is 2.36. The molecule has 22 heavy (non-hydrogen) atoms. The zero-order valence-corrected chi connectivity index (χ0v) is 13.1. The normalized spacial score (nSPS) is 12.9. The van der Waals surface area contributed by atoms with Crippen molar-refractivity contribution in [2.24, 2.45) is 10.7 Å². The second-order valence-corrected chi connectivity index (χ2v) is 5.51. The molecule has 0 aliphatic heterocycles. The number of primary amides is 1. The molecule has 2 aromatic carbocycles. The molecule has 0 aliphatic rings. The van der Waals surface area contributed by atoms with E-state index in [-0.39, 0.29) is 11.9 Å². The maximum atomic E-state index is 11.0. The van der Waals surface area contributed by atoms with Gasteiger partial charge in [0.25, 0.3) is 0 Å². The predicted octanol–water partition coefficient (Wildman–Crippen LogP) is 3.94. The molecule has 3 heteroatoms. The smallest absolute Gasteiger partial charge is 0.248 e. The van der Waals surface area contributed by atoms with Crippen LogP contribution in [0.4, 0.5) is 0 Å². The average Bonchev–Trinajstić information content (AvgIpc) is 2.54. The van der Waals surface area contributed by atoms with Crippen LogP contribution in [-0.2, 0) is 6.42 Å². The highest BCUT2D eigenvalue weighted by Crippen LogP contribution is 2.17. The van der Waals surface area contributed by atoms with E-state index in [1.165, 1.54) is 11.1 Å². The van der Waals surface area contributed by atoms with E-state index in [0.29, 0.717) is 5.56 Å². The van der Waals surface area contributed by atoms with Crippen molar-refractivity contribution in [3.05, 3.63) is 71.3 Å². The minimum Gasteiger partial charge on any atom is -0.366 e. The monoisotopic (exact) mass is 294 g/mol. The first-order valence-corrected chi connectivity index (χ1v) is 7.53. The summed E-state index contributed by atoms with van der Waals surface area (Å²) in [5, 5.41) is 0. The molecule has 2 aromatic rings. The van der Waals surface area contributed by atoms with Gasteiger partial charge in [-0.05, 0) is 49.9 Å². The third kappa shape index (κ3) is 4.55. The van der Waals surface area contributed by atoms with E-state index in [1.54, 1.807) is 12.1 Å². The molecule has 1 atom stereocenters. The first-order chi connectivity index (χ1) is 10.6. The number of aryl methyl sites for hydroxylation is 1. The van der Waals surface area contributed by atoms with Crippen LogP contribution in [0.15, 0.2) is 59.6 Å². The molecule has 0 saturated carbocycles. The van der Waals surface area contributed by atoms with Crippen molar-refractivity contribution in [1.82, 2.24) is 0 Å². The number of amides is 1. The van der Waals surface area contributed by atoms with Gasteiger partial charge in [-0.3, -0.25) is 9.79 Å². The molecule has 0 heterocycles.